The molecule has 0 saturated carbocycles. The van der Waals surface area contributed by atoms with Gasteiger partial charge in [-0.05, 0) is 45.1 Å². The van der Waals surface area contributed by atoms with Gasteiger partial charge in [0.2, 0.25) is 4.69 Å². The van der Waals surface area contributed by atoms with Gasteiger partial charge in [0, 0.05) is 5.92 Å². The van der Waals surface area contributed by atoms with E-state index in [4.69, 9.17) is 4.74 Å². The first-order valence-corrected chi connectivity index (χ1v) is 8.18. The van der Waals surface area contributed by atoms with Crippen molar-refractivity contribution >= 4 is 26.7 Å². The van der Waals surface area contributed by atoms with Crippen molar-refractivity contribution in [2.45, 2.75) is 18.9 Å². The smallest absolute Gasteiger partial charge is 0.407 e. The third-order valence-electron chi connectivity index (χ3n) is 4.02. The van der Waals surface area contributed by atoms with E-state index in [2.05, 4.69) is 45.5 Å². The summed E-state index contributed by atoms with van der Waals surface area (Å²) in [6, 6.07) is 15.7. The largest absolute Gasteiger partial charge is 0.449 e. The minimum Gasteiger partial charge on any atom is -0.449 e. The van der Waals surface area contributed by atoms with Crippen LogP contribution in [-0.2, 0) is 9.53 Å². The van der Waals surface area contributed by atoms with Gasteiger partial charge in [-0.1, -0.05) is 48.5 Å². The van der Waals surface area contributed by atoms with Crippen LogP contribution in [0, 0.1) is 0 Å². The summed E-state index contributed by atoms with van der Waals surface area (Å²) in [6.45, 7) is 1.83. The monoisotopic (exact) mass is 373 g/mol. The zero-order valence-electron chi connectivity index (χ0n) is 12.6. The zero-order chi connectivity index (χ0) is 16.4. The first-order valence-electron chi connectivity index (χ1n) is 7.39. The number of hydrogen-bond acceptors (Lipinski definition) is 3. The summed E-state index contributed by atoms with van der Waals surface area (Å²) in [5.74, 6) is 0.0168. The SMILES string of the molecule is C[C@@H](NC(=O)OCC1c2ccccc2-c2ccccc21)C(=O)Br. The number of halogens is 1. The van der Waals surface area contributed by atoms with Gasteiger partial charge >= 0.3 is 6.09 Å². The first-order chi connectivity index (χ1) is 11.1. The molecule has 0 fully saturated rings. The Kier molecular flexibility index (Phi) is 4.48. The van der Waals surface area contributed by atoms with Crippen molar-refractivity contribution in [1.82, 2.24) is 5.32 Å². The fourth-order valence-electron chi connectivity index (χ4n) is 2.87. The van der Waals surface area contributed by atoms with Crippen molar-refractivity contribution in [2.24, 2.45) is 0 Å². The highest BCUT2D eigenvalue weighted by Crippen LogP contribution is 2.44. The second-order valence-electron chi connectivity index (χ2n) is 5.50. The summed E-state index contributed by atoms with van der Waals surface area (Å²) in [5, 5.41) is 2.49. The highest BCUT2D eigenvalue weighted by Gasteiger charge is 2.29. The number of nitrogens with one attached hydrogen (secondary N) is 1. The van der Waals surface area contributed by atoms with Crippen molar-refractivity contribution in [3.05, 3.63) is 59.7 Å². The van der Waals surface area contributed by atoms with E-state index in [1.807, 2.05) is 24.3 Å². The van der Waals surface area contributed by atoms with Gasteiger partial charge < -0.3 is 10.1 Å². The summed E-state index contributed by atoms with van der Waals surface area (Å²) in [7, 11) is 0. The fourth-order valence-corrected chi connectivity index (χ4v) is 2.99. The number of carbonyl (C=O) groups excluding carboxylic acids is 2. The Morgan fingerprint density at radius 1 is 1.09 bits per heavy atom. The molecule has 5 heteroatoms. The number of hydrogen-bond donors (Lipinski definition) is 1. The normalized spacial score (nSPS) is 13.8. The van der Waals surface area contributed by atoms with Crippen molar-refractivity contribution in [2.75, 3.05) is 6.61 Å². The molecule has 1 aliphatic rings. The number of benzene rings is 2. The molecule has 4 nitrogen and oxygen atoms in total. The Morgan fingerprint density at radius 2 is 1.61 bits per heavy atom. The van der Waals surface area contributed by atoms with Crippen molar-refractivity contribution in [3.8, 4) is 11.1 Å². The molecule has 1 aliphatic carbocycles. The molecule has 23 heavy (non-hydrogen) atoms. The summed E-state index contributed by atoms with van der Waals surface area (Å²) in [6.07, 6.45) is -0.591. The fraction of sp³-hybridized carbons (Fsp3) is 0.222. The van der Waals surface area contributed by atoms with E-state index >= 15 is 0 Å². The maximum Gasteiger partial charge on any atom is 0.407 e. The number of amides is 1. The average Bonchev–Trinajstić information content (AvgIpc) is 2.87. The van der Waals surface area contributed by atoms with E-state index in [9.17, 15) is 9.59 Å². The van der Waals surface area contributed by atoms with Crippen molar-refractivity contribution in [1.29, 1.82) is 0 Å². The number of rotatable bonds is 4. The molecule has 0 saturated heterocycles. The maximum absolute atomic E-state index is 11.8. The topological polar surface area (TPSA) is 55.4 Å². The van der Waals surface area contributed by atoms with E-state index < -0.39 is 12.1 Å². The van der Waals surface area contributed by atoms with Crippen molar-refractivity contribution in [3.63, 3.8) is 0 Å². The molecule has 0 aliphatic heterocycles. The van der Waals surface area contributed by atoms with Crippen LogP contribution in [-0.4, -0.2) is 23.4 Å². The van der Waals surface area contributed by atoms with Crippen molar-refractivity contribution < 1.29 is 14.3 Å². The first kappa shape index (κ1) is 15.7. The minimum atomic E-state index is -0.620. The number of fused-ring (bicyclic) bond motifs is 3. The van der Waals surface area contributed by atoms with Crippen LogP contribution in [0.4, 0.5) is 4.79 Å². The van der Waals surface area contributed by atoms with E-state index in [0.717, 1.165) is 11.1 Å². The number of carbonyl (C=O) groups is 2. The van der Waals surface area contributed by atoms with Crippen LogP contribution in [0.15, 0.2) is 48.5 Å². The lowest BCUT2D eigenvalue weighted by atomic mass is 9.98. The third kappa shape index (κ3) is 3.15. The van der Waals surface area contributed by atoms with E-state index in [0.29, 0.717) is 0 Å². The summed E-state index contributed by atoms with van der Waals surface area (Å²) in [4.78, 5) is 22.9. The Labute approximate surface area is 143 Å². The maximum atomic E-state index is 11.8. The molecule has 3 rings (SSSR count). The Hall–Kier alpha value is -2.14. The average molecular weight is 374 g/mol. The molecule has 0 spiro atoms. The van der Waals surface area contributed by atoms with E-state index in [1.54, 1.807) is 6.92 Å². The molecular weight excluding hydrogens is 358 g/mol. The van der Waals surface area contributed by atoms with Crippen LogP contribution in [0.2, 0.25) is 0 Å². The molecule has 0 heterocycles. The lowest BCUT2D eigenvalue weighted by Gasteiger charge is -2.15. The van der Waals surface area contributed by atoms with Crippen LogP contribution >= 0.6 is 15.9 Å². The number of alkyl carbamates (subject to hydrolysis) is 1. The van der Waals surface area contributed by atoms with Gasteiger partial charge in [-0.3, -0.25) is 4.79 Å². The molecular formula is C18H16BrNO3. The van der Waals surface area contributed by atoms with Gasteiger partial charge in [0.15, 0.2) is 0 Å². The van der Waals surface area contributed by atoms with E-state index in [-0.39, 0.29) is 17.2 Å². The van der Waals surface area contributed by atoms with Crippen LogP contribution < -0.4 is 5.32 Å². The standard InChI is InChI=1S/C18H16BrNO3/c1-11(17(19)21)20-18(22)23-10-16-14-8-4-2-6-12(14)13-7-3-5-9-15(13)16/h2-9,11,16H,10H2,1H3,(H,20,22)/t11-/m1/s1. The van der Waals surface area contributed by atoms with Crippen LogP contribution in [0.3, 0.4) is 0 Å². The molecule has 0 aromatic heterocycles. The molecule has 1 amide bonds. The lowest BCUT2D eigenvalue weighted by molar-refractivity contribution is -0.111. The van der Waals surface area contributed by atoms with E-state index in [1.165, 1.54) is 11.1 Å². The second kappa shape index (κ2) is 6.54. The molecule has 0 radical (unpaired) electrons. The minimum absolute atomic E-state index is 0.0168. The second-order valence-corrected chi connectivity index (χ2v) is 6.28. The van der Waals surface area contributed by atoms with Gasteiger partial charge in [-0.25, -0.2) is 4.79 Å². The Bertz CT molecular complexity index is 714. The summed E-state index contributed by atoms with van der Waals surface area (Å²) in [5.41, 5.74) is 4.68. The Morgan fingerprint density at radius 3 is 2.13 bits per heavy atom. The molecule has 2 aromatic rings. The molecule has 1 atom stereocenters. The lowest BCUT2D eigenvalue weighted by Crippen LogP contribution is -2.37. The van der Waals surface area contributed by atoms with Crippen LogP contribution in [0.1, 0.15) is 24.0 Å². The highest BCUT2D eigenvalue weighted by molar-refractivity contribution is 9.18. The third-order valence-corrected chi connectivity index (χ3v) is 4.71. The Balaban J connectivity index is 1.76. The summed E-state index contributed by atoms with van der Waals surface area (Å²) >= 11 is 2.82. The molecule has 118 valence electrons. The quantitative estimate of drug-likeness (QED) is 0.828. The molecule has 0 unspecified atom stereocenters. The predicted molar refractivity (Wildman–Crippen MR) is 91.6 cm³/mol. The van der Waals surface area contributed by atoms with Gasteiger partial charge in [0.25, 0.3) is 0 Å². The molecule has 2 aromatic carbocycles. The zero-order valence-corrected chi connectivity index (χ0v) is 14.2. The van der Waals surface area contributed by atoms with Gasteiger partial charge in [-0.2, -0.15) is 0 Å². The van der Waals surface area contributed by atoms with Gasteiger partial charge in [0.05, 0.1) is 6.04 Å². The van der Waals surface area contributed by atoms with Gasteiger partial charge in [-0.15, -0.1) is 0 Å². The molecule has 1 N–H and O–H groups in total. The molecule has 0 bridgehead atoms. The van der Waals surface area contributed by atoms with Crippen LogP contribution in [0.25, 0.3) is 11.1 Å². The number of ether oxygens (including phenoxy) is 1. The van der Waals surface area contributed by atoms with Crippen LogP contribution in [0.5, 0.6) is 0 Å². The highest BCUT2D eigenvalue weighted by atomic mass is 79.9. The summed E-state index contributed by atoms with van der Waals surface area (Å²) < 4.78 is 5.05. The van der Waals surface area contributed by atoms with Gasteiger partial charge in [0.1, 0.15) is 6.61 Å². The predicted octanol–water partition coefficient (Wildman–Crippen LogP) is 3.84.